The molecule has 2 N–H and O–H groups in total. The summed E-state index contributed by atoms with van der Waals surface area (Å²) in [5.74, 6) is 0. The predicted molar refractivity (Wildman–Crippen MR) is 70.8 cm³/mol. The molecule has 1 aliphatic rings. The van der Waals surface area contributed by atoms with Gasteiger partial charge in [-0.3, -0.25) is 4.90 Å². The molecule has 0 aliphatic carbocycles. The molecule has 5 heteroatoms. The van der Waals surface area contributed by atoms with Crippen LogP contribution in [0.5, 0.6) is 0 Å². The van der Waals surface area contributed by atoms with Crippen LogP contribution < -0.4 is 5.73 Å². The summed E-state index contributed by atoms with van der Waals surface area (Å²) < 4.78 is 6.60. The van der Waals surface area contributed by atoms with Gasteiger partial charge in [0.15, 0.2) is 0 Å². The molecule has 2 rings (SSSR count). The maximum Gasteiger partial charge on any atom is 0.0620 e. The Morgan fingerprint density at radius 3 is 3.12 bits per heavy atom. The Morgan fingerprint density at radius 1 is 1.75 bits per heavy atom. The number of nitrogens with zero attached hydrogens (tertiary/aromatic N) is 1. The summed E-state index contributed by atoms with van der Waals surface area (Å²) >= 11 is 5.26. The molecule has 1 aliphatic heterocycles. The topological polar surface area (TPSA) is 38.5 Å². The van der Waals surface area contributed by atoms with E-state index >= 15 is 0 Å². The minimum atomic E-state index is 0.329. The molecule has 16 heavy (non-hydrogen) atoms. The van der Waals surface area contributed by atoms with Gasteiger partial charge in [-0.05, 0) is 28.9 Å². The van der Waals surface area contributed by atoms with Crippen LogP contribution in [0.3, 0.4) is 0 Å². The molecule has 3 nitrogen and oxygen atoms in total. The highest BCUT2D eigenvalue weighted by atomic mass is 79.9. The SMILES string of the molecule is CC1COCCN1C(CN)c1cc(Br)cs1. The lowest BCUT2D eigenvalue weighted by molar-refractivity contribution is -0.0202. The monoisotopic (exact) mass is 304 g/mol. The first-order valence-corrected chi connectivity index (χ1v) is 7.17. The predicted octanol–water partition coefficient (Wildman–Crippen LogP) is 2.23. The summed E-state index contributed by atoms with van der Waals surface area (Å²) in [7, 11) is 0. The van der Waals surface area contributed by atoms with Crippen molar-refractivity contribution in [1.82, 2.24) is 4.90 Å². The average molecular weight is 305 g/mol. The van der Waals surface area contributed by atoms with Crippen LogP contribution >= 0.6 is 27.3 Å². The van der Waals surface area contributed by atoms with E-state index in [0.717, 1.165) is 24.2 Å². The van der Waals surface area contributed by atoms with E-state index in [1.807, 2.05) is 0 Å². The van der Waals surface area contributed by atoms with Crippen molar-refractivity contribution in [3.63, 3.8) is 0 Å². The van der Waals surface area contributed by atoms with E-state index < -0.39 is 0 Å². The summed E-state index contributed by atoms with van der Waals surface area (Å²) in [5, 5.41) is 2.11. The molecule has 90 valence electrons. The van der Waals surface area contributed by atoms with Crippen LogP contribution in [-0.2, 0) is 4.74 Å². The molecule has 1 aromatic rings. The van der Waals surface area contributed by atoms with Crippen molar-refractivity contribution < 1.29 is 4.74 Å². The number of ether oxygens (including phenoxy) is 1. The minimum absolute atomic E-state index is 0.329. The second kappa shape index (κ2) is 5.60. The van der Waals surface area contributed by atoms with Gasteiger partial charge >= 0.3 is 0 Å². The molecule has 2 heterocycles. The lowest BCUT2D eigenvalue weighted by atomic mass is 10.1. The van der Waals surface area contributed by atoms with Gasteiger partial charge in [-0.15, -0.1) is 11.3 Å². The zero-order valence-electron chi connectivity index (χ0n) is 9.36. The van der Waals surface area contributed by atoms with Gasteiger partial charge in [0.2, 0.25) is 0 Å². The Bertz CT molecular complexity index is 344. The summed E-state index contributed by atoms with van der Waals surface area (Å²) in [5.41, 5.74) is 5.92. The van der Waals surface area contributed by atoms with Gasteiger partial charge in [-0.1, -0.05) is 0 Å². The molecular weight excluding hydrogens is 288 g/mol. The van der Waals surface area contributed by atoms with Crippen molar-refractivity contribution in [3.8, 4) is 0 Å². The summed E-state index contributed by atoms with van der Waals surface area (Å²) in [6, 6.07) is 2.95. The van der Waals surface area contributed by atoms with E-state index in [9.17, 15) is 0 Å². The van der Waals surface area contributed by atoms with E-state index in [1.54, 1.807) is 11.3 Å². The van der Waals surface area contributed by atoms with E-state index in [1.165, 1.54) is 4.88 Å². The van der Waals surface area contributed by atoms with Crippen LogP contribution in [0.15, 0.2) is 15.9 Å². The number of halogens is 1. The van der Waals surface area contributed by atoms with Gasteiger partial charge in [0.05, 0.1) is 19.3 Å². The molecule has 0 spiro atoms. The van der Waals surface area contributed by atoms with Crippen molar-refractivity contribution >= 4 is 27.3 Å². The Morgan fingerprint density at radius 2 is 2.56 bits per heavy atom. The molecule has 0 bridgehead atoms. The number of rotatable bonds is 3. The van der Waals surface area contributed by atoms with Gasteiger partial charge in [0.1, 0.15) is 0 Å². The van der Waals surface area contributed by atoms with Crippen molar-refractivity contribution in [2.24, 2.45) is 5.73 Å². The molecule has 2 unspecified atom stereocenters. The van der Waals surface area contributed by atoms with Gasteiger partial charge in [0, 0.05) is 33.9 Å². The smallest absolute Gasteiger partial charge is 0.0620 e. The molecule has 0 radical (unpaired) electrons. The van der Waals surface area contributed by atoms with Crippen LogP contribution in [0.25, 0.3) is 0 Å². The fourth-order valence-corrected chi connectivity index (χ4v) is 3.70. The Balaban J connectivity index is 2.14. The van der Waals surface area contributed by atoms with E-state index in [-0.39, 0.29) is 0 Å². The Labute approximate surface area is 109 Å². The van der Waals surface area contributed by atoms with Crippen molar-refractivity contribution in [3.05, 3.63) is 20.8 Å². The molecule has 1 saturated heterocycles. The number of nitrogens with two attached hydrogens (primary N) is 1. The summed E-state index contributed by atoms with van der Waals surface area (Å²) in [6.45, 7) is 5.46. The van der Waals surface area contributed by atoms with Crippen LogP contribution in [-0.4, -0.2) is 37.2 Å². The van der Waals surface area contributed by atoms with Crippen LogP contribution in [0.4, 0.5) is 0 Å². The first-order chi connectivity index (χ1) is 7.72. The maximum atomic E-state index is 5.92. The molecule has 1 fully saturated rings. The van der Waals surface area contributed by atoms with Crippen LogP contribution in [0.1, 0.15) is 17.8 Å². The van der Waals surface area contributed by atoms with Crippen molar-refractivity contribution in [2.75, 3.05) is 26.3 Å². The molecule has 0 amide bonds. The normalized spacial score (nSPS) is 24.6. The van der Waals surface area contributed by atoms with E-state index in [4.69, 9.17) is 10.5 Å². The Hall–Kier alpha value is 0.0600. The van der Waals surface area contributed by atoms with Gasteiger partial charge in [-0.25, -0.2) is 0 Å². The second-order valence-electron chi connectivity index (χ2n) is 4.08. The first kappa shape index (κ1) is 12.5. The van der Waals surface area contributed by atoms with Gasteiger partial charge in [0.25, 0.3) is 0 Å². The van der Waals surface area contributed by atoms with Crippen molar-refractivity contribution in [1.29, 1.82) is 0 Å². The number of morpholine rings is 1. The highest BCUT2D eigenvalue weighted by molar-refractivity contribution is 9.10. The first-order valence-electron chi connectivity index (χ1n) is 5.50. The zero-order valence-corrected chi connectivity index (χ0v) is 11.8. The summed E-state index contributed by atoms with van der Waals surface area (Å²) in [6.07, 6.45) is 0. The van der Waals surface area contributed by atoms with E-state index in [0.29, 0.717) is 18.6 Å². The second-order valence-corrected chi connectivity index (χ2v) is 5.94. The van der Waals surface area contributed by atoms with Gasteiger partial charge < -0.3 is 10.5 Å². The van der Waals surface area contributed by atoms with Crippen LogP contribution in [0.2, 0.25) is 0 Å². The quantitative estimate of drug-likeness (QED) is 0.931. The fourth-order valence-electron chi connectivity index (χ4n) is 2.12. The van der Waals surface area contributed by atoms with E-state index in [2.05, 4.69) is 39.2 Å². The molecule has 0 aromatic carbocycles. The third-order valence-corrected chi connectivity index (χ3v) is 4.75. The molecule has 2 atom stereocenters. The molecule has 1 aromatic heterocycles. The lowest BCUT2D eigenvalue weighted by Gasteiger charge is -2.38. The van der Waals surface area contributed by atoms with Gasteiger partial charge in [-0.2, -0.15) is 0 Å². The molecular formula is C11H17BrN2OS. The lowest BCUT2D eigenvalue weighted by Crippen LogP contribution is -2.47. The zero-order chi connectivity index (χ0) is 11.5. The van der Waals surface area contributed by atoms with Crippen molar-refractivity contribution in [2.45, 2.75) is 19.0 Å². The number of hydrogen-bond donors (Lipinski definition) is 1. The summed E-state index contributed by atoms with van der Waals surface area (Å²) in [4.78, 5) is 3.78. The Kier molecular flexibility index (Phi) is 4.38. The largest absolute Gasteiger partial charge is 0.379 e. The number of hydrogen-bond acceptors (Lipinski definition) is 4. The number of thiophene rings is 1. The average Bonchev–Trinajstić information content (AvgIpc) is 2.69. The van der Waals surface area contributed by atoms with Crippen LogP contribution in [0, 0.1) is 0 Å². The fraction of sp³-hybridized carbons (Fsp3) is 0.636. The standard InChI is InChI=1S/C11H17BrN2OS/c1-8-6-15-3-2-14(8)10(5-13)11-4-9(12)7-16-11/h4,7-8,10H,2-3,5-6,13H2,1H3. The highest BCUT2D eigenvalue weighted by Gasteiger charge is 2.27. The highest BCUT2D eigenvalue weighted by Crippen LogP contribution is 2.30. The minimum Gasteiger partial charge on any atom is -0.379 e. The third-order valence-electron chi connectivity index (χ3n) is 2.96. The third kappa shape index (κ3) is 2.65. The maximum absolute atomic E-state index is 5.92. The molecule has 0 saturated carbocycles.